The van der Waals surface area contributed by atoms with Gasteiger partial charge in [-0.2, -0.15) is 0 Å². The summed E-state index contributed by atoms with van der Waals surface area (Å²) in [5.41, 5.74) is -0.592. The van der Waals surface area contributed by atoms with Gasteiger partial charge in [0.05, 0.1) is 11.3 Å². The van der Waals surface area contributed by atoms with Crippen LogP contribution < -0.4 is 21.5 Å². The highest BCUT2D eigenvalue weighted by Gasteiger charge is 2.24. The number of carbonyl (C=O) groups is 1. The topological polar surface area (TPSA) is 98.7 Å². The summed E-state index contributed by atoms with van der Waals surface area (Å²) < 4.78 is 0. The van der Waals surface area contributed by atoms with Crippen molar-refractivity contribution in [1.82, 2.24) is 4.90 Å². The fourth-order valence-electron chi connectivity index (χ4n) is 2.37. The zero-order chi connectivity index (χ0) is 19.6. The maximum Gasteiger partial charge on any atom is 0.257 e. The van der Waals surface area contributed by atoms with Gasteiger partial charge in [-0.15, -0.1) is 0 Å². The summed E-state index contributed by atoms with van der Waals surface area (Å²) in [6, 6.07) is 4.67. The van der Waals surface area contributed by atoms with Gasteiger partial charge >= 0.3 is 0 Å². The van der Waals surface area contributed by atoms with Crippen LogP contribution in [0.1, 0.15) is 44.5 Å². The molecule has 140 valence electrons. The molecule has 0 saturated carbocycles. The molecule has 1 atom stereocenters. The number of phenolic OH excluding ortho intramolecular Hbond substituents is 1. The van der Waals surface area contributed by atoms with E-state index in [1.54, 1.807) is 19.2 Å². The third kappa shape index (κ3) is 3.56. The van der Waals surface area contributed by atoms with E-state index in [0.29, 0.717) is 0 Å². The summed E-state index contributed by atoms with van der Waals surface area (Å²) in [5.74, 6) is -0.586. The van der Waals surface area contributed by atoms with Crippen LogP contribution in [0.25, 0.3) is 0 Å². The van der Waals surface area contributed by atoms with Crippen molar-refractivity contribution in [2.75, 3.05) is 17.7 Å². The fourth-order valence-corrected chi connectivity index (χ4v) is 2.37. The van der Waals surface area contributed by atoms with Gasteiger partial charge in [-0.25, -0.2) is 0 Å². The summed E-state index contributed by atoms with van der Waals surface area (Å²) in [5, 5.41) is 16.3. The summed E-state index contributed by atoms with van der Waals surface area (Å²) in [6.45, 7) is 7.60. The number of para-hydroxylation sites is 1. The number of hydrogen-bond donors (Lipinski definition) is 3. The van der Waals surface area contributed by atoms with Gasteiger partial charge in [0, 0.05) is 19.1 Å². The Hall–Kier alpha value is -2.83. The van der Waals surface area contributed by atoms with Gasteiger partial charge in [0.2, 0.25) is 0 Å². The van der Waals surface area contributed by atoms with Crippen molar-refractivity contribution in [2.45, 2.75) is 46.2 Å². The number of carbonyl (C=O) groups excluding carboxylic acids is 1. The first-order valence-electron chi connectivity index (χ1n) is 8.65. The van der Waals surface area contributed by atoms with Crippen molar-refractivity contribution in [3.05, 3.63) is 44.2 Å². The smallest absolute Gasteiger partial charge is 0.257 e. The monoisotopic (exact) mass is 359 g/mol. The third-order valence-corrected chi connectivity index (χ3v) is 4.53. The minimum absolute atomic E-state index is 0.0278. The maximum atomic E-state index is 12.5. The molecule has 2 aromatic carbocycles. The van der Waals surface area contributed by atoms with Gasteiger partial charge in [-0.05, 0) is 39.3 Å². The number of rotatable bonds is 7. The van der Waals surface area contributed by atoms with E-state index >= 15 is 0 Å². The largest absolute Gasteiger partial charge is 0.505 e. The lowest BCUT2D eigenvalue weighted by Gasteiger charge is -2.23. The molecule has 0 aliphatic heterocycles. The molecule has 0 aromatic heterocycles. The van der Waals surface area contributed by atoms with E-state index in [1.807, 2.05) is 27.7 Å². The SMILES string of the molecule is CC[C@H](C)Nc1c(Nc2cccc(C(=O)N(C)C(C)C)c2O)c(=O)c1=O. The summed E-state index contributed by atoms with van der Waals surface area (Å²) >= 11 is 0. The number of nitrogens with one attached hydrogen (secondary N) is 2. The van der Waals surface area contributed by atoms with Gasteiger partial charge < -0.3 is 20.6 Å². The first kappa shape index (κ1) is 19.5. The van der Waals surface area contributed by atoms with Gasteiger partial charge in [0.25, 0.3) is 16.8 Å². The van der Waals surface area contributed by atoms with Crippen LogP contribution in [0, 0.1) is 0 Å². The number of amides is 1. The van der Waals surface area contributed by atoms with Crippen molar-refractivity contribution in [3.8, 4) is 5.75 Å². The van der Waals surface area contributed by atoms with Gasteiger partial charge in [0.15, 0.2) is 5.75 Å². The highest BCUT2D eigenvalue weighted by molar-refractivity contribution is 5.99. The van der Waals surface area contributed by atoms with Crippen LogP contribution in [0.4, 0.5) is 17.1 Å². The third-order valence-electron chi connectivity index (χ3n) is 4.53. The molecule has 0 aliphatic carbocycles. The predicted octanol–water partition coefficient (Wildman–Crippen LogP) is 2.42. The fraction of sp³-hybridized carbons (Fsp3) is 0.421. The molecule has 0 spiro atoms. The highest BCUT2D eigenvalue weighted by Crippen LogP contribution is 2.32. The Labute approximate surface area is 152 Å². The molecule has 1 amide bonds. The van der Waals surface area contributed by atoms with Crippen molar-refractivity contribution >= 4 is 23.0 Å². The van der Waals surface area contributed by atoms with E-state index < -0.39 is 10.9 Å². The molecule has 7 nitrogen and oxygen atoms in total. The minimum atomic E-state index is -0.647. The molecule has 2 rings (SSSR count). The van der Waals surface area contributed by atoms with Crippen LogP contribution in [0.3, 0.4) is 0 Å². The molecule has 0 unspecified atom stereocenters. The van der Waals surface area contributed by atoms with Gasteiger partial charge in [-0.1, -0.05) is 13.0 Å². The quantitative estimate of drug-likeness (QED) is 0.519. The zero-order valence-corrected chi connectivity index (χ0v) is 15.7. The van der Waals surface area contributed by atoms with Crippen molar-refractivity contribution < 1.29 is 9.90 Å². The van der Waals surface area contributed by atoms with E-state index in [9.17, 15) is 19.5 Å². The lowest BCUT2D eigenvalue weighted by molar-refractivity contribution is 0.0752. The minimum Gasteiger partial charge on any atom is -0.505 e. The molecule has 0 radical (unpaired) electrons. The van der Waals surface area contributed by atoms with Crippen LogP contribution in [-0.2, 0) is 0 Å². The number of anilines is 3. The maximum absolute atomic E-state index is 12.5. The molecule has 7 heteroatoms. The molecule has 0 bridgehead atoms. The Bertz CT molecular complexity index is 881. The average Bonchev–Trinajstić information content (AvgIpc) is 2.63. The Kier molecular flexibility index (Phi) is 5.69. The van der Waals surface area contributed by atoms with Crippen LogP contribution >= 0.6 is 0 Å². The van der Waals surface area contributed by atoms with Gasteiger partial charge in [-0.3, -0.25) is 14.4 Å². The van der Waals surface area contributed by atoms with Crippen LogP contribution in [0.2, 0.25) is 0 Å². The standard InChI is InChI=1S/C19H25N3O4/c1-6-11(4)20-14-15(18(25)17(14)24)21-13-9-7-8-12(16(13)23)19(26)22(5)10(2)3/h7-11,20-21,23H,6H2,1-5H3/t11-/m0/s1. The normalized spacial score (nSPS) is 12.2. The van der Waals surface area contributed by atoms with Crippen molar-refractivity contribution in [1.29, 1.82) is 0 Å². The van der Waals surface area contributed by atoms with E-state index in [1.165, 1.54) is 11.0 Å². The molecule has 3 N–H and O–H groups in total. The number of phenols is 1. The zero-order valence-electron chi connectivity index (χ0n) is 15.7. The summed E-state index contributed by atoms with van der Waals surface area (Å²) in [7, 11) is 1.65. The molecule has 0 heterocycles. The first-order chi connectivity index (χ1) is 12.2. The number of hydrogen-bond acceptors (Lipinski definition) is 6. The van der Waals surface area contributed by atoms with E-state index in [2.05, 4.69) is 10.6 Å². The molecule has 2 aromatic rings. The Morgan fingerprint density at radius 3 is 2.35 bits per heavy atom. The molecule has 0 saturated heterocycles. The van der Waals surface area contributed by atoms with Crippen LogP contribution in [0.5, 0.6) is 5.75 Å². The van der Waals surface area contributed by atoms with Crippen molar-refractivity contribution in [2.24, 2.45) is 0 Å². The van der Waals surface area contributed by atoms with E-state index in [-0.39, 0.29) is 46.4 Å². The lowest BCUT2D eigenvalue weighted by atomic mass is 10.1. The van der Waals surface area contributed by atoms with Crippen molar-refractivity contribution in [3.63, 3.8) is 0 Å². The molecular formula is C19H25N3O4. The summed E-state index contributed by atoms with van der Waals surface area (Å²) in [4.78, 5) is 37.7. The summed E-state index contributed by atoms with van der Waals surface area (Å²) in [6.07, 6.45) is 0.787. The Morgan fingerprint density at radius 1 is 1.15 bits per heavy atom. The molecular weight excluding hydrogens is 334 g/mol. The van der Waals surface area contributed by atoms with E-state index in [4.69, 9.17) is 0 Å². The highest BCUT2D eigenvalue weighted by atomic mass is 16.3. The first-order valence-corrected chi connectivity index (χ1v) is 8.65. The van der Waals surface area contributed by atoms with Crippen LogP contribution in [-0.4, -0.2) is 35.0 Å². The second-order valence-corrected chi connectivity index (χ2v) is 6.70. The number of benzene rings is 1. The average molecular weight is 359 g/mol. The van der Waals surface area contributed by atoms with E-state index in [0.717, 1.165) is 6.42 Å². The molecule has 0 aliphatic rings. The van der Waals surface area contributed by atoms with Crippen LogP contribution in [0.15, 0.2) is 27.8 Å². The number of nitrogens with zero attached hydrogens (tertiary/aromatic N) is 1. The second kappa shape index (κ2) is 7.59. The Balaban J connectivity index is 2.34. The predicted molar refractivity (Wildman–Crippen MR) is 103 cm³/mol. The Morgan fingerprint density at radius 2 is 1.77 bits per heavy atom. The van der Waals surface area contributed by atoms with Gasteiger partial charge in [0.1, 0.15) is 11.4 Å². The second-order valence-electron chi connectivity index (χ2n) is 6.70. The molecule has 0 fully saturated rings. The molecule has 26 heavy (non-hydrogen) atoms. The number of aromatic hydroxyl groups is 1. The lowest BCUT2D eigenvalue weighted by Crippen LogP contribution is -2.38.